The highest BCUT2D eigenvalue weighted by molar-refractivity contribution is 6.03. The zero-order valence-electron chi connectivity index (χ0n) is 9.30. The Morgan fingerprint density at radius 3 is 2.53 bits per heavy atom. The lowest BCUT2D eigenvalue weighted by Gasteiger charge is -2.11. The van der Waals surface area contributed by atoms with Crippen LogP contribution < -0.4 is 4.74 Å². The number of phenols is 1. The van der Waals surface area contributed by atoms with Gasteiger partial charge in [-0.15, -0.1) is 0 Å². The molecule has 0 atom stereocenters. The Bertz CT molecular complexity index is 575. The van der Waals surface area contributed by atoms with E-state index in [9.17, 15) is 9.90 Å². The van der Waals surface area contributed by atoms with E-state index in [4.69, 9.17) is 9.84 Å². The molecule has 0 bridgehead atoms. The van der Waals surface area contributed by atoms with E-state index in [-0.39, 0.29) is 11.3 Å². The van der Waals surface area contributed by atoms with E-state index in [2.05, 4.69) is 0 Å². The number of benzene rings is 2. The largest absolute Gasteiger partial charge is 0.506 e. The number of carboxylic acid groups (broad SMARTS) is 1. The molecule has 0 aliphatic rings. The maximum absolute atomic E-state index is 11.0. The van der Waals surface area contributed by atoms with Gasteiger partial charge in [-0.2, -0.15) is 0 Å². The van der Waals surface area contributed by atoms with Gasteiger partial charge in [0.2, 0.25) is 0 Å². The van der Waals surface area contributed by atoms with Gasteiger partial charge < -0.3 is 14.9 Å². The molecule has 0 unspecified atom stereocenters. The standard InChI is InChI=1S/C13H12O4/c1-2-17-11-7-10(13(15)16)12(14)9-6-4-3-5-8(9)11/h3-7,14H,2H2,1H3,(H,15,16). The molecule has 0 aliphatic carbocycles. The molecule has 0 amide bonds. The van der Waals surface area contributed by atoms with Crippen molar-refractivity contribution < 1.29 is 19.7 Å². The molecule has 88 valence electrons. The monoisotopic (exact) mass is 232 g/mol. The molecule has 0 saturated carbocycles. The number of rotatable bonds is 3. The van der Waals surface area contributed by atoms with Gasteiger partial charge in [0.1, 0.15) is 17.1 Å². The molecule has 2 aromatic carbocycles. The highest BCUT2D eigenvalue weighted by atomic mass is 16.5. The van der Waals surface area contributed by atoms with E-state index in [1.807, 2.05) is 13.0 Å². The van der Waals surface area contributed by atoms with E-state index in [0.29, 0.717) is 23.1 Å². The van der Waals surface area contributed by atoms with Crippen LogP contribution in [-0.2, 0) is 0 Å². The average Bonchev–Trinajstić information content (AvgIpc) is 2.33. The summed E-state index contributed by atoms with van der Waals surface area (Å²) in [5.41, 5.74) is -0.146. The third kappa shape index (κ3) is 1.89. The summed E-state index contributed by atoms with van der Waals surface area (Å²) in [4.78, 5) is 11.0. The summed E-state index contributed by atoms with van der Waals surface area (Å²) in [5, 5.41) is 20.1. The fourth-order valence-electron chi connectivity index (χ4n) is 1.76. The van der Waals surface area contributed by atoms with Gasteiger partial charge in [0.15, 0.2) is 0 Å². The average molecular weight is 232 g/mol. The normalized spacial score (nSPS) is 10.4. The van der Waals surface area contributed by atoms with Crippen molar-refractivity contribution in [3.05, 3.63) is 35.9 Å². The van der Waals surface area contributed by atoms with Crippen LogP contribution in [0.25, 0.3) is 10.8 Å². The van der Waals surface area contributed by atoms with E-state index in [1.54, 1.807) is 18.2 Å². The van der Waals surface area contributed by atoms with Gasteiger partial charge in [-0.25, -0.2) is 4.79 Å². The summed E-state index contributed by atoms with van der Waals surface area (Å²) in [6, 6.07) is 8.35. The Hall–Kier alpha value is -2.23. The molecule has 4 heteroatoms. The van der Waals surface area contributed by atoms with Crippen LogP contribution in [0.3, 0.4) is 0 Å². The smallest absolute Gasteiger partial charge is 0.339 e. The first kappa shape index (κ1) is 11.3. The van der Waals surface area contributed by atoms with E-state index >= 15 is 0 Å². The maximum atomic E-state index is 11.0. The number of carbonyl (C=O) groups is 1. The predicted molar refractivity (Wildman–Crippen MR) is 63.7 cm³/mol. The number of aromatic hydroxyl groups is 1. The Morgan fingerprint density at radius 2 is 1.94 bits per heavy atom. The minimum Gasteiger partial charge on any atom is -0.506 e. The van der Waals surface area contributed by atoms with Crippen molar-refractivity contribution in [2.45, 2.75) is 6.92 Å². The van der Waals surface area contributed by atoms with Gasteiger partial charge in [-0.1, -0.05) is 24.3 Å². The van der Waals surface area contributed by atoms with Gasteiger partial charge in [-0.3, -0.25) is 0 Å². The van der Waals surface area contributed by atoms with Crippen LogP contribution in [-0.4, -0.2) is 22.8 Å². The van der Waals surface area contributed by atoms with Gasteiger partial charge in [-0.05, 0) is 13.0 Å². The quantitative estimate of drug-likeness (QED) is 0.853. The van der Waals surface area contributed by atoms with Crippen LogP contribution in [0.1, 0.15) is 17.3 Å². The molecular weight excluding hydrogens is 220 g/mol. The molecule has 0 fully saturated rings. The summed E-state index contributed by atoms with van der Waals surface area (Å²) >= 11 is 0. The van der Waals surface area contributed by atoms with Crippen LogP contribution in [0.2, 0.25) is 0 Å². The number of ether oxygens (including phenoxy) is 1. The zero-order chi connectivity index (χ0) is 12.4. The van der Waals surface area contributed by atoms with Gasteiger partial charge in [0, 0.05) is 10.8 Å². The van der Waals surface area contributed by atoms with Crippen LogP contribution in [0.15, 0.2) is 30.3 Å². The van der Waals surface area contributed by atoms with Crippen molar-refractivity contribution in [1.29, 1.82) is 0 Å². The number of hydrogen-bond acceptors (Lipinski definition) is 3. The maximum Gasteiger partial charge on any atom is 0.339 e. The molecule has 4 nitrogen and oxygen atoms in total. The summed E-state index contributed by atoms with van der Waals surface area (Å²) in [6.45, 7) is 2.26. The van der Waals surface area contributed by atoms with Gasteiger partial charge in [0.05, 0.1) is 6.61 Å². The number of carboxylic acids is 1. The Kier molecular flexibility index (Phi) is 2.87. The van der Waals surface area contributed by atoms with Crippen LogP contribution in [0.5, 0.6) is 11.5 Å². The third-order valence-corrected chi connectivity index (χ3v) is 2.51. The molecular formula is C13H12O4. The van der Waals surface area contributed by atoms with Gasteiger partial charge in [0.25, 0.3) is 0 Å². The molecule has 0 aromatic heterocycles. The minimum atomic E-state index is -1.17. The molecule has 2 aromatic rings. The highest BCUT2D eigenvalue weighted by Gasteiger charge is 2.16. The zero-order valence-corrected chi connectivity index (χ0v) is 9.30. The molecule has 17 heavy (non-hydrogen) atoms. The Balaban J connectivity index is 2.79. The molecule has 0 spiro atoms. The fourth-order valence-corrected chi connectivity index (χ4v) is 1.76. The molecule has 0 radical (unpaired) electrons. The van der Waals surface area contributed by atoms with E-state index in [1.165, 1.54) is 6.07 Å². The lowest BCUT2D eigenvalue weighted by molar-refractivity contribution is 0.0693. The first-order valence-electron chi connectivity index (χ1n) is 5.26. The van der Waals surface area contributed by atoms with E-state index in [0.717, 1.165) is 0 Å². The van der Waals surface area contributed by atoms with Crippen molar-refractivity contribution >= 4 is 16.7 Å². The van der Waals surface area contributed by atoms with Crippen molar-refractivity contribution in [3.63, 3.8) is 0 Å². The molecule has 2 N–H and O–H groups in total. The van der Waals surface area contributed by atoms with Crippen LogP contribution in [0, 0.1) is 0 Å². The SMILES string of the molecule is CCOc1cc(C(=O)O)c(O)c2ccccc12. The molecule has 0 saturated heterocycles. The Labute approximate surface area is 98.1 Å². The molecule has 0 heterocycles. The van der Waals surface area contributed by atoms with Crippen molar-refractivity contribution in [2.24, 2.45) is 0 Å². The van der Waals surface area contributed by atoms with Crippen molar-refractivity contribution in [2.75, 3.05) is 6.61 Å². The predicted octanol–water partition coefficient (Wildman–Crippen LogP) is 2.64. The summed E-state index contributed by atoms with van der Waals surface area (Å²) in [6.07, 6.45) is 0. The summed E-state index contributed by atoms with van der Waals surface area (Å²) < 4.78 is 5.39. The summed E-state index contributed by atoms with van der Waals surface area (Å²) in [5.74, 6) is -0.927. The highest BCUT2D eigenvalue weighted by Crippen LogP contribution is 2.35. The first-order chi connectivity index (χ1) is 8.15. The molecule has 0 aliphatic heterocycles. The second-order valence-corrected chi connectivity index (χ2v) is 3.55. The third-order valence-electron chi connectivity index (χ3n) is 2.51. The van der Waals surface area contributed by atoms with Crippen LogP contribution in [0.4, 0.5) is 0 Å². The second-order valence-electron chi connectivity index (χ2n) is 3.55. The first-order valence-corrected chi connectivity index (χ1v) is 5.26. The van der Waals surface area contributed by atoms with Gasteiger partial charge >= 0.3 is 5.97 Å². The van der Waals surface area contributed by atoms with Crippen molar-refractivity contribution in [3.8, 4) is 11.5 Å². The topological polar surface area (TPSA) is 66.8 Å². The minimum absolute atomic E-state index is 0.146. The number of fused-ring (bicyclic) bond motifs is 1. The Morgan fingerprint density at radius 1 is 1.29 bits per heavy atom. The number of hydrogen-bond donors (Lipinski definition) is 2. The number of aromatic carboxylic acids is 1. The lowest BCUT2D eigenvalue weighted by atomic mass is 10.0. The lowest BCUT2D eigenvalue weighted by Crippen LogP contribution is -2.00. The second kappa shape index (κ2) is 4.33. The van der Waals surface area contributed by atoms with E-state index < -0.39 is 5.97 Å². The fraction of sp³-hybridized carbons (Fsp3) is 0.154. The summed E-state index contributed by atoms with van der Waals surface area (Å²) in [7, 11) is 0. The van der Waals surface area contributed by atoms with Crippen LogP contribution >= 0.6 is 0 Å². The molecule has 2 rings (SSSR count). The van der Waals surface area contributed by atoms with Crippen molar-refractivity contribution in [1.82, 2.24) is 0 Å².